The lowest BCUT2D eigenvalue weighted by Crippen LogP contribution is -2.31. The van der Waals surface area contributed by atoms with E-state index in [2.05, 4.69) is 48.3 Å². The Morgan fingerprint density at radius 2 is 1.39 bits per heavy atom. The van der Waals surface area contributed by atoms with E-state index in [1.165, 1.54) is 0 Å². The van der Waals surface area contributed by atoms with Crippen LogP contribution >= 0.6 is 0 Å². The van der Waals surface area contributed by atoms with E-state index < -0.39 is 0 Å². The van der Waals surface area contributed by atoms with Crippen molar-refractivity contribution >= 4 is 0 Å². The van der Waals surface area contributed by atoms with Gasteiger partial charge >= 0.3 is 0 Å². The molecule has 0 aliphatic heterocycles. The lowest BCUT2D eigenvalue weighted by molar-refractivity contribution is 0.301. The summed E-state index contributed by atoms with van der Waals surface area (Å²) in [5.74, 6) is 0. The van der Waals surface area contributed by atoms with Gasteiger partial charge in [-0.15, -0.1) is 0 Å². The first kappa shape index (κ1) is 17.2. The van der Waals surface area contributed by atoms with Gasteiger partial charge in [-0.2, -0.15) is 5.26 Å². The average molecular weight is 305 g/mol. The molecule has 0 aliphatic rings. The highest BCUT2D eigenvalue weighted by atomic mass is 15.1. The Labute approximate surface area is 139 Å². The van der Waals surface area contributed by atoms with Crippen LogP contribution in [-0.2, 0) is 0 Å². The summed E-state index contributed by atoms with van der Waals surface area (Å²) < 4.78 is 0. The molecular weight excluding hydrogens is 282 g/mol. The molecule has 2 radical (unpaired) electrons. The number of benzene rings is 2. The molecule has 0 heterocycles. The van der Waals surface area contributed by atoms with Crippen molar-refractivity contribution in [2.75, 3.05) is 20.6 Å². The Morgan fingerprint density at radius 3 is 1.78 bits per heavy atom. The van der Waals surface area contributed by atoms with Gasteiger partial charge in [0.1, 0.15) is 0 Å². The molecule has 2 aromatic carbocycles. The van der Waals surface area contributed by atoms with Gasteiger partial charge < -0.3 is 0 Å². The minimum atomic E-state index is -0.0779. The molecule has 118 valence electrons. The van der Waals surface area contributed by atoms with Crippen LogP contribution in [0.2, 0.25) is 0 Å². The van der Waals surface area contributed by atoms with Gasteiger partial charge in [0, 0.05) is 6.54 Å². The van der Waals surface area contributed by atoms with Crippen molar-refractivity contribution in [2.45, 2.75) is 12.5 Å². The summed E-state index contributed by atoms with van der Waals surface area (Å²) in [4.78, 5) is 4.13. The molecule has 2 rings (SSSR count). The first-order chi connectivity index (χ1) is 11.2. The Hall–Kier alpha value is -2.15. The van der Waals surface area contributed by atoms with Gasteiger partial charge in [0.2, 0.25) is 0 Å². The molecule has 0 amide bonds. The van der Waals surface area contributed by atoms with Crippen molar-refractivity contribution in [3.63, 3.8) is 0 Å². The molecule has 0 aliphatic carbocycles. The summed E-state index contributed by atoms with van der Waals surface area (Å²) >= 11 is 0. The van der Waals surface area contributed by atoms with E-state index in [1.807, 2.05) is 55.4 Å². The second-order valence-electron chi connectivity index (χ2n) is 5.71. The van der Waals surface area contributed by atoms with Crippen LogP contribution in [0.4, 0.5) is 0 Å². The number of nitrogens with zero attached hydrogens (tertiary/aromatic N) is 3. The van der Waals surface area contributed by atoms with Gasteiger partial charge in [0.15, 0.2) is 0 Å². The molecule has 23 heavy (non-hydrogen) atoms. The number of rotatable bonds is 8. The number of nitriles is 1. The third kappa shape index (κ3) is 5.86. The second kappa shape index (κ2) is 9.09. The fourth-order valence-corrected chi connectivity index (χ4v) is 2.34. The topological polar surface area (TPSA) is 30.3 Å². The van der Waals surface area contributed by atoms with Gasteiger partial charge in [-0.25, -0.2) is 0 Å². The normalized spacial score (nSPS) is 12.3. The lowest BCUT2D eigenvalue weighted by atomic mass is 10.1. The van der Waals surface area contributed by atoms with Gasteiger partial charge in [-0.1, -0.05) is 60.7 Å². The number of hydrogen-bond acceptors (Lipinski definition) is 3. The van der Waals surface area contributed by atoms with Crippen LogP contribution < -0.4 is 0 Å². The fraction of sp³-hybridized carbons (Fsp3) is 0.250. The maximum absolute atomic E-state index is 9.26. The molecule has 0 saturated carbocycles. The molecular formula is C20H23N3. The third-order valence-electron chi connectivity index (χ3n) is 3.66. The Bertz CT molecular complexity index is 560. The zero-order valence-electron chi connectivity index (χ0n) is 13.8. The molecule has 3 heteroatoms. The molecule has 1 unspecified atom stereocenters. The third-order valence-corrected chi connectivity index (χ3v) is 3.66. The predicted molar refractivity (Wildman–Crippen MR) is 94.1 cm³/mol. The Morgan fingerprint density at radius 1 is 0.913 bits per heavy atom. The van der Waals surface area contributed by atoms with E-state index in [0.29, 0.717) is 0 Å². The zero-order valence-corrected chi connectivity index (χ0v) is 13.8. The largest absolute Gasteiger partial charge is 0.294 e. The van der Waals surface area contributed by atoms with Crippen LogP contribution in [0.25, 0.3) is 0 Å². The van der Waals surface area contributed by atoms with E-state index in [9.17, 15) is 5.26 Å². The van der Waals surface area contributed by atoms with Crippen molar-refractivity contribution in [2.24, 2.45) is 0 Å². The van der Waals surface area contributed by atoms with Gasteiger partial charge in [-0.3, -0.25) is 9.80 Å². The van der Waals surface area contributed by atoms with E-state index in [0.717, 1.165) is 24.1 Å². The average Bonchev–Trinajstić information content (AvgIpc) is 2.57. The summed E-state index contributed by atoms with van der Waals surface area (Å²) in [6, 6.07) is 22.8. The molecule has 0 spiro atoms. The Balaban J connectivity index is 2.03. The zero-order chi connectivity index (χ0) is 16.5. The highest BCUT2D eigenvalue weighted by molar-refractivity contribution is 5.27. The summed E-state index contributed by atoms with van der Waals surface area (Å²) in [6.45, 7) is 5.04. The Kier molecular flexibility index (Phi) is 6.80. The number of hydrogen-bond donors (Lipinski definition) is 0. The molecule has 0 aromatic heterocycles. The minimum absolute atomic E-state index is 0.0779. The first-order valence-corrected chi connectivity index (χ1v) is 7.80. The summed E-state index contributed by atoms with van der Waals surface area (Å²) in [5.41, 5.74) is 2.30. The van der Waals surface area contributed by atoms with Crippen LogP contribution in [-0.4, -0.2) is 36.5 Å². The summed E-state index contributed by atoms with van der Waals surface area (Å²) in [6.07, 6.45) is 0.788. The minimum Gasteiger partial charge on any atom is -0.294 e. The van der Waals surface area contributed by atoms with E-state index in [1.54, 1.807) is 0 Å². The van der Waals surface area contributed by atoms with Crippen LogP contribution in [0.1, 0.15) is 17.5 Å². The quantitative estimate of drug-likeness (QED) is 0.747. The van der Waals surface area contributed by atoms with Crippen molar-refractivity contribution in [3.8, 4) is 6.07 Å². The van der Waals surface area contributed by atoms with Crippen LogP contribution in [0.15, 0.2) is 60.7 Å². The van der Waals surface area contributed by atoms with E-state index in [-0.39, 0.29) is 6.04 Å². The molecule has 0 N–H and O–H groups in total. The van der Waals surface area contributed by atoms with Gasteiger partial charge in [0.05, 0.1) is 25.2 Å². The molecule has 0 saturated heterocycles. The van der Waals surface area contributed by atoms with Crippen LogP contribution in [0.3, 0.4) is 0 Å². The van der Waals surface area contributed by atoms with Crippen molar-refractivity contribution < 1.29 is 0 Å². The van der Waals surface area contributed by atoms with E-state index in [4.69, 9.17) is 0 Å². The van der Waals surface area contributed by atoms with Crippen LogP contribution in [0.5, 0.6) is 0 Å². The molecule has 3 nitrogen and oxygen atoms in total. The highest BCUT2D eigenvalue weighted by Gasteiger charge is 2.14. The smallest absolute Gasteiger partial charge is 0.0985 e. The molecule has 1 atom stereocenters. The second-order valence-corrected chi connectivity index (χ2v) is 5.71. The first-order valence-electron chi connectivity index (χ1n) is 7.80. The molecule has 0 fully saturated rings. The summed E-state index contributed by atoms with van der Waals surface area (Å²) in [7, 11) is 3.89. The maximum Gasteiger partial charge on any atom is 0.0985 e. The van der Waals surface area contributed by atoms with E-state index >= 15 is 0 Å². The summed E-state index contributed by atoms with van der Waals surface area (Å²) in [5, 5.41) is 9.26. The molecule has 0 bridgehead atoms. The van der Waals surface area contributed by atoms with Crippen molar-refractivity contribution in [1.82, 2.24) is 9.80 Å². The van der Waals surface area contributed by atoms with Gasteiger partial charge in [0.25, 0.3) is 0 Å². The highest BCUT2D eigenvalue weighted by Crippen LogP contribution is 2.15. The van der Waals surface area contributed by atoms with Crippen molar-refractivity contribution in [3.05, 3.63) is 84.9 Å². The SMILES string of the molecule is CN(C)C(C#N)CCN([CH]c1ccccc1)[CH]c1ccccc1. The van der Waals surface area contributed by atoms with Gasteiger partial charge in [-0.05, 0) is 31.6 Å². The van der Waals surface area contributed by atoms with Crippen molar-refractivity contribution in [1.29, 1.82) is 5.26 Å². The fourth-order valence-electron chi connectivity index (χ4n) is 2.34. The lowest BCUT2D eigenvalue weighted by Gasteiger charge is -2.24. The predicted octanol–water partition coefficient (Wildman–Crippen LogP) is 3.55. The molecule has 2 aromatic rings. The monoisotopic (exact) mass is 305 g/mol. The maximum atomic E-state index is 9.26. The standard InChI is InChI=1S/C20H23N3/c1-22(2)20(15-21)13-14-23(16-18-9-5-3-6-10-18)17-19-11-7-4-8-12-19/h3-12,16-17,20H,13-14H2,1-2H3. The van der Waals surface area contributed by atoms with Crippen LogP contribution in [0, 0.1) is 24.4 Å².